The average Bonchev–Trinajstić information content (AvgIpc) is 3.00. The summed E-state index contributed by atoms with van der Waals surface area (Å²) in [7, 11) is 0. The van der Waals surface area contributed by atoms with E-state index in [9.17, 15) is 10.1 Å². The lowest BCUT2D eigenvalue weighted by Crippen LogP contribution is -2.05. The zero-order chi connectivity index (χ0) is 19.4. The summed E-state index contributed by atoms with van der Waals surface area (Å²) in [5.41, 5.74) is 1.08. The van der Waals surface area contributed by atoms with Gasteiger partial charge in [0.15, 0.2) is 5.82 Å². The fourth-order valence-corrected chi connectivity index (χ4v) is 2.63. The van der Waals surface area contributed by atoms with E-state index in [1.807, 2.05) is 38.1 Å². The first-order valence-electron chi connectivity index (χ1n) is 8.18. The predicted octanol–water partition coefficient (Wildman–Crippen LogP) is 4.19. The molecule has 2 aromatic carbocycles. The molecule has 138 valence electrons. The van der Waals surface area contributed by atoms with Gasteiger partial charge in [-0.05, 0) is 44.3 Å². The zero-order valence-corrected chi connectivity index (χ0v) is 15.5. The van der Waals surface area contributed by atoms with Gasteiger partial charge < -0.3 is 4.74 Å². The topological polar surface area (TPSA) is 98.3 Å². The summed E-state index contributed by atoms with van der Waals surface area (Å²) in [6.07, 6.45) is 1.43. The number of ether oxygens (including phenoxy) is 1. The van der Waals surface area contributed by atoms with Crippen LogP contribution in [0.4, 0.5) is 5.69 Å². The minimum absolute atomic E-state index is 0.0369. The number of nitrogens with one attached hydrogen (secondary N) is 1. The highest BCUT2D eigenvalue weighted by atomic mass is 32.1. The Morgan fingerprint density at radius 3 is 2.81 bits per heavy atom. The molecular formula is C18H17N5O3S. The molecule has 0 atom stereocenters. The van der Waals surface area contributed by atoms with E-state index in [1.54, 1.807) is 18.2 Å². The van der Waals surface area contributed by atoms with Gasteiger partial charge in [0.1, 0.15) is 5.75 Å². The maximum Gasteiger partial charge on any atom is 0.278 e. The molecule has 27 heavy (non-hydrogen) atoms. The van der Waals surface area contributed by atoms with Crippen LogP contribution >= 0.6 is 12.2 Å². The van der Waals surface area contributed by atoms with Crippen molar-refractivity contribution in [1.82, 2.24) is 14.9 Å². The number of aromatic nitrogens is 3. The van der Waals surface area contributed by atoms with Crippen molar-refractivity contribution >= 4 is 24.1 Å². The molecule has 9 heteroatoms. The predicted molar refractivity (Wildman–Crippen MR) is 105 cm³/mol. The Kier molecular flexibility index (Phi) is 5.41. The van der Waals surface area contributed by atoms with Crippen LogP contribution in [0.15, 0.2) is 53.6 Å². The van der Waals surface area contributed by atoms with Crippen LogP contribution < -0.4 is 4.74 Å². The largest absolute Gasteiger partial charge is 0.491 e. The summed E-state index contributed by atoms with van der Waals surface area (Å²) in [4.78, 5) is 10.7. The van der Waals surface area contributed by atoms with Crippen LogP contribution in [0, 0.1) is 14.9 Å². The van der Waals surface area contributed by atoms with E-state index in [4.69, 9.17) is 17.0 Å². The van der Waals surface area contributed by atoms with E-state index in [-0.39, 0.29) is 16.6 Å². The maximum absolute atomic E-state index is 11.1. The molecule has 0 radical (unpaired) electrons. The number of rotatable bonds is 6. The van der Waals surface area contributed by atoms with Crippen molar-refractivity contribution in [3.8, 4) is 17.1 Å². The highest BCUT2D eigenvalue weighted by Crippen LogP contribution is 2.23. The van der Waals surface area contributed by atoms with E-state index < -0.39 is 4.92 Å². The average molecular weight is 383 g/mol. The Hall–Kier alpha value is -3.33. The summed E-state index contributed by atoms with van der Waals surface area (Å²) in [5, 5.41) is 22.4. The lowest BCUT2D eigenvalue weighted by Gasteiger charge is -2.10. The Morgan fingerprint density at radius 1 is 1.30 bits per heavy atom. The van der Waals surface area contributed by atoms with Crippen molar-refractivity contribution in [2.45, 2.75) is 20.0 Å². The van der Waals surface area contributed by atoms with Gasteiger partial charge in [0.25, 0.3) is 5.69 Å². The first kappa shape index (κ1) is 18.5. The minimum atomic E-state index is -0.455. The number of nitro groups is 1. The van der Waals surface area contributed by atoms with Crippen molar-refractivity contribution in [2.75, 3.05) is 0 Å². The lowest BCUT2D eigenvalue weighted by molar-refractivity contribution is -0.385. The van der Waals surface area contributed by atoms with Crippen LogP contribution in [0.5, 0.6) is 5.75 Å². The molecule has 0 saturated carbocycles. The molecule has 0 bridgehead atoms. The third kappa shape index (κ3) is 4.26. The smallest absolute Gasteiger partial charge is 0.278 e. The SMILES string of the molecule is CC(C)Oc1cccc(-c2n[nH]c(=S)n2N=Cc2ccccc2[N+](=O)[O-])c1. The third-order valence-corrected chi connectivity index (χ3v) is 3.82. The van der Waals surface area contributed by atoms with Gasteiger partial charge in [-0.1, -0.05) is 24.3 Å². The molecule has 8 nitrogen and oxygen atoms in total. The Balaban J connectivity index is 1.99. The van der Waals surface area contributed by atoms with E-state index in [0.29, 0.717) is 17.1 Å². The van der Waals surface area contributed by atoms with Gasteiger partial charge in [-0.15, -0.1) is 0 Å². The van der Waals surface area contributed by atoms with Crippen molar-refractivity contribution in [1.29, 1.82) is 0 Å². The van der Waals surface area contributed by atoms with E-state index >= 15 is 0 Å². The van der Waals surface area contributed by atoms with Gasteiger partial charge in [-0.3, -0.25) is 10.1 Å². The fourth-order valence-electron chi connectivity index (χ4n) is 2.45. The van der Waals surface area contributed by atoms with Crippen LogP contribution in [-0.4, -0.2) is 32.1 Å². The highest BCUT2D eigenvalue weighted by Gasteiger charge is 2.12. The number of nitrogens with zero attached hydrogens (tertiary/aromatic N) is 4. The molecule has 0 saturated heterocycles. The van der Waals surface area contributed by atoms with Gasteiger partial charge in [-0.2, -0.15) is 14.9 Å². The molecule has 0 aliphatic rings. The van der Waals surface area contributed by atoms with Crippen molar-refractivity contribution in [2.24, 2.45) is 5.10 Å². The second kappa shape index (κ2) is 7.92. The number of H-pyrrole nitrogens is 1. The zero-order valence-electron chi connectivity index (χ0n) is 14.7. The number of hydrogen-bond acceptors (Lipinski definition) is 6. The molecule has 0 aliphatic carbocycles. The van der Waals surface area contributed by atoms with Crippen molar-refractivity contribution in [3.05, 3.63) is 69.0 Å². The monoisotopic (exact) mass is 383 g/mol. The number of nitro benzene ring substituents is 1. The molecule has 0 fully saturated rings. The van der Waals surface area contributed by atoms with Crippen LogP contribution in [0.3, 0.4) is 0 Å². The van der Waals surface area contributed by atoms with E-state index in [1.165, 1.54) is 17.0 Å². The first-order valence-corrected chi connectivity index (χ1v) is 8.59. The van der Waals surface area contributed by atoms with Crippen molar-refractivity contribution in [3.63, 3.8) is 0 Å². The van der Waals surface area contributed by atoms with Crippen LogP contribution in [0.1, 0.15) is 19.4 Å². The number of hydrogen-bond donors (Lipinski definition) is 1. The standard InChI is InChI=1S/C18H17N5O3S/c1-12(2)26-15-8-5-7-13(10-15)17-20-21-18(27)22(17)19-11-14-6-3-4-9-16(14)23(24)25/h3-12H,1-2H3,(H,21,27). The number of benzene rings is 2. The summed E-state index contributed by atoms with van der Waals surface area (Å²) in [6, 6.07) is 13.7. The Labute approximate surface area is 160 Å². The lowest BCUT2D eigenvalue weighted by atomic mass is 10.2. The summed E-state index contributed by atoms with van der Waals surface area (Å²) < 4.78 is 7.40. The molecular weight excluding hydrogens is 366 g/mol. The second-order valence-corrected chi connectivity index (χ2v) is 6.31. The van der Waals surface area contributed by atoms with Crippen molar-refractivity contribution < 1.29 is 9.66 Å². The quantitative estimate of drug-likeness (QED) is 0.298. The molecule has 0 spiro atoms. The number of aromatic amines is 1. The van der Waals surface area contributed by atoms with Crippen LogP contribution in [0.2, 0.25) is 0 Å². The third-order valence-electron chi connectivity index (χ3n) is 3.56. The van der Waals surface area contributed by atoms with Crippen LogP contribution in [0.25, 0.3) is 11.4 Å². The van der Waals surface area contributed by atoms with Crippen LogP contribution in [-0.2, 0) is 0 Å². The number of para-hydroxylation sites is 1. The summed E-state index contributed by atoms with van der Waals surface area (Å²) >= 11 is 5.24. The van der Waals surface area contributed by atoms with Gasteiger partial charge >= 0.3 is 0 Å². The highest BCUT2D eigenvalue weighted by molar-refractivity contribution is 7.71. The molecule has 0 aliphatic heterocycles. The fraction of sp³-hybridized carbons (Fsp3) is 0.167. The molecule has 3 aromatic rings. The van der Waals surface area contributed by atoms with Gasteiger partial charge in [0.05, 0.1) is 22.8 Å². The molecule has 1 heterocycles. The Morgan fingerprint density at radius 2 is 2.07 bits per heavy atom. The molecule has 1 aromatic heterocycles. The minimum Gasteiger partial charge on any atom is -0.491 e. The summed E-state index contributed by atoms with van der Waals surface area (Å²) in [6.45, 7) is 3.89. The first-order chi connectivity index (χ1) is 13.0. The van der Waals surface area contributed by atoms with E-state index in [0.717, 1.165) is 5.56 Å². The van der Waals surface area contributed by atoms with Gasteiger partial charge in [-0.25, -0.2) is 5.10 Å². The molecule has 1 N–H and O–H groups in total. The summed E-state index contributed by atoms with van der Waals surface area (Å²) in [5.74, 6) is 1.18. The normalized spacial score (nSPS) is 11.2. The van der Waals surface area contributed by atoms with Gasteiger partial charge in [0.2, 0.25) is 4.77 Å². The molecule has 0 amide bonds. The van der Waals surface area contributed by atoms with Gasteiger partial charge in [0, 0.05) is 11.6 Å². The molecule has 3 rings (SSSR count). The molecule has 0 unspecified atom stereocenters. The maximum atomic E-state index is 11.1. The Bertz CT molecular complexity index is 1050. The second-order valence-electron chi connectivity index (χ2n) is 5.92. The van der Waals surface area contributed by atoms with E-state index in [2.05, 4.69) is 15.3 Å².